The zero-order valence-corrected chi connectivity index (χ0v) is 11.8. The van der Waals surface area contributed by atoms with E-state index in [1.54, 1.807) is 0 Å². The monoisotopic (exact) mass is 285 g/mol. The SMILES string of the molecule is CCC(C)NCc1nc2cc(C(F)(F)F)ccc2n1C. The Morgan fingerprint density at radius 3 is 2.65 bits per heavy atom. The fourth-order valence-corrected chi connectivity index (χ4v) is 1.99. The minimum atomic E-state index is -4.33. The molecule has 110 valence electrons. The number of imidazole rings is 1. The highest BCUT2D eigenvalue weighted by atomic mass is 19.4. The van der Waals surface area contributed by atoms with Crippen LogP contribution in [0.2, 0.25) is 0 Å². The van der Waals surface area contributed by atoms with Gasteiger partial charge in [-0.25, -0.2) is 4.98 Å². The van der Waals surface area contributed by atoms with Gasteiger partial charge in [-0.1, -0.05) is 6.92 Å². The Morgan fingerprint density at radius 2 is 2.05 bits per heavy atom. The molecule has 0 bridgehead atoms. The van der Waals surface area contributed by atoms with Crippen molar-refractivity contribution in [3.05, 3.63) is 29.6 Å². The number of halogens is 3. The van der Waals surface area contributed by atoms with E-state index >= 15 is 0 Å². The van der Waals surface area contributed by atoms with Crippen LogP contribution in [0.5, 0.6) is 0 Å². The molecule has 3 nitrogen and oxygen atoms in total. The van der Waals surface area contributed by atoms with Gasteiger partial charge in [0, 0.05) is 13.1 Å². The molecule has 0 saturated heterocycles. The second-order valence-corrected chi connectivity index (χ2v) is 4.98. The van der Waals surface area contributed by atoms with Crippen LogP contribution in [0.25, 0.3) is 11.0 Å². The zero-order chi connectivity index (χ0) is 14.9. The number of hydrogen-bond donors (Lipinski definition) is 1. The van der Waals surface area contributed by atoms with Gasteiger partial charge in [0.15, 0.2) is 0 Å². The highest BCUT2D eigenvalue weighted by molar-refractivity contribution is 5.77. The van der Waals surface area contributed by atoms with Gasteiger partial charge >= 0.3 is 6.18 Å². The lowest BCUT2D eigenvalue weighted by molar-refractivity contribution is -0.137. The molecule has 1 heterocycles. The summed E-state index contributed by atoms with van der Waals surface area (Å²) < 4.78 is 39.9. The largest absolute Gasteiger partial charge is 0.416 e. The maximum atomic E-state index is 12.7. The summed E-state index contributed by atoms with van der Waals surface area (Å²) in [6, 6.07) is 4.01. The third kappa shape index (κ3) is 2.95. The molecule has 1 N–H and O–H groups in total. The molecule has 6 heteroatoms. The highest BCUT2D eigenvalue weighted by Gasteiger charge is 2.30. The molecule has 0 fully saturated rings. The molecule has 0 spiro atoms. The average Bonchev–Trinajstić information content (AvgIpc) is 2.71. The molecule has 0 radical (unpaired) electrons. The molecule has 1 aromatic heterocycles. The first-order valence-electron chi connectivity index (χ1n) is 6.59. The molecule has 0 aliphatic heterocycles. The Morgan fingerprint density at radius 1 is 1.35 bits per heavy atom. The van der Waals surface area contributed by atoms with Crippen LogP contribution >= 0.6 is 0 Å². The van der Waals surface area contributed by atoms with Crippen molar-refractivity contribution in [3.8, 4) is 0 Å². The number of nitrogens with zero attached hydrogens (tertiary/aromatic N) is 2. The van der Waals surface area contributed by atoms with Crippen molar-refractivity contribution in [1.82, 2.24) is 14.9 Å². The first kappa shape index (κ1) is 14.8. The maximum absolute atomic E-state index is 12.7. The van der Waals surface area contributed by atoms with Gasteiger partial charge in [0.25, 0.3) is 0 Å². The summed E-state index contributed by atoms with van der Waals surface area (Å²) in [6.07, 6.45) is -3.34. The van der Waals surface area contributed by atoms with E-state index in [9.17, 15) is 13.2 Å². The molecule has 0 aliphatic carbocycles. The lowest BCUT2D eigenvalue weighted by atomic mass is 10.2. The molecular formula is C14H18F3N3. The third-order valence-electron chi connectivity index (χ3n) is 3.52. The van der Waals surface area contributed by atoms with Crippen molar-refractivity contribution in [2.24, 2.45) is 7.05 Å². The van der Waals surface area contributed by atoms with Crippen molar-refractivity contribution < 1.29 is 13.2 Å². The number of rotatable bonds is 4. The molecule has 2 rings (SSSR count). The number of aromatic nitrogens is 2. The van der Waals surface area contributed by atoms with Gasteiger partial charge in [-0.15, -0.1) is 0 Å². The second-order valence-electron chi connectivity index (χ2n) is 4.98. The predicted molar refractivity (Wildman–Crippen MR) is 72.3 cm³/mol. The van der Waals surface area contributed by atoms with Gasteiger partial charge in [-0.3, -0.25) is 0 Å². The van der Waals surface area contributed by atoms with Gasteiger partial charge in [-0.05, 0) is 31.5 Å². The number of alkyl halides is 3. The molecule has 2 aromatic rings. The molecule has 0 amide bonds. The summed E-state index contributed by atoms with van der Waals surface area (Å²) in [5.41, 5.74) is 0.423. The first-order valence-corrected chi connectivity index (χ1v) is 6.59. The Bertz CT molecular complexity index is 601. The zero-order valence-electron chi connectivity index (χ0n) is 11.8. The van der Waals surface area contributed by atoms with E-state index in [1.807, 2.05) is 11.6 Å². The Kier molecular flexibility index (Phi) is 4.04. The molecule has 0 aliphatic rings. The van der Waals surface area contributed by atoms with Crippen molar-refractivity contribution in [2.45, 2.75) is 39.0 Å². The number of benzene rings is 1. The van der Waals surface area contributed by atoms with E-state index in [1.165, 1.54) is 6.07 Å². The van der Waals surface area contributed by atoms with Gasteiger partial charge in [0.05, 0.1) is 23.1 Å². The third-order valence-corrected chi connectivity index (χ3v) is 3.52. The predicted octanol–water partition coefficient (Wildman–Crippen LogP) is 3.48. The smallest absolute Gasteiger partial charge is 0.330 e. The van der Waals surface area contributed by atoms with Crippen LogP contribution in [0.3, 0.4) is 0 Å². The molecule has 1 aromatic carbocycles. The van der Waals surface area contributed by atoms with Gasteiger partial charge < -0.3 is 9.88 Å². The minimum absolute atomic E-state index is 0.348. The van der Waals surface area contributed by atoms with Gasteiger partial charge in [0.2, 0.25) is 0 Å². The summed E-state index contributed by atoms with van der Waals surface area (Å²) in [5, 5.41) is 3.29. The minimum Gasteiger partial charge on any atom is -0.330 e. The second kappa shape index (κ2) is 5.44. The summed E-state index contributed by atoms with van der Waals surface area (Å²) >= 11 is 0. The summed E-state index contributed by atoms with van der Waals surface area (Å²) in [4.78, 5) is 4.29. The fourth-order valence-electron chi connectivity index (χ4n) is 1.99. The normalized spacial score (nSPS) is 13.9. The average molecular weight is 285 g/mol. The Hall–Kier alpha value is -1.56. The van der Waals surface area contributed by atoms with E-state index in [0.29, 0.717) is 23.6 Å². The topological polar surface area (TPSA) is 29.9 Å². The van der Waals surface area contributed by atoms with E-state index in [2.05, 4.69) is 24.1 Å². The fraction of sp³-hybridized carbons (Fsp3) is 0.500. The Labute approximate surface area is 115 Å². The van der Waals surface area contributed by atoms with Crippen LogP contribution in [-0.4, -0.2) is 15.6 Å². The van der Waals surface area contributed by atoms with Crippen molar-refractivity contribution >= 4 is 11.0 Å². The molecular weight excluding hydrogens is 267 g/mol. The summed E-state index contributed by atoms with van der Waals surface area (Å²) in [5.74, 6) is 0.736. The van der Waals surface area contributed by atoms with E-state index in [-0.39, 0.29) is 0 Å². The summed E-state index contributed by atoms with van der Waals surface area (Å²) in [7, 11) is 1.82. The van der Waals surface area contributed by atoms with Crippen LogP contribution in [0.15, 0.2) is 18.2 Å². The van der Waals surface area contributed by atoms with Crippen LogP contribution < -0.4 is 5.32 Å². The highest BCUT2D eigenvalue weighted by Crippen LogP contribution is 2.31. The maximum Gasteiger partial charge on any atom is 0.416 e. The van der Waals surface area contributed by atoms with Crippen molar-refractivity contribution in [1.29, 1.82) is 0 Å². The van der Waals surface area contributed by atoms with Gasteiger partial charge in [0.1, 0.15) is 5.82 Å². The van der Waals surface area contributed by atoms with Crippen LogP contribution in [-0.2, 0) is 19.8 Å². The van der Waals surface area contributed by atoms with Crippen LogP contribution in [0.1, 0.15) is 31.7 Å². The number of hydrogen-bond acceptors (Lipinski definition) is 2. The van der Waals surface area contributed by atoms with E-state index in [4.69, 9.17) is 0 Å². The quantitative estimate of drug-likeness (QED) is 0.932. The van der Waals surface area contributed by atoms with Crippen LogP contribution in [0, 0.1) is 0 Å². The Balaban J connectivity index is 2.32. The lowest BCUT2D eigenvalue weighted by Crippen LogP contribution is -2.25. The molecule has 0 saturated carbocycles. The van der Waals surface area contributed by atoms with Crippen molar-refractivity contribution in [2.75, 3.05) is 0 Å². The number of fused-ring (bicyclic) bond motifs is 1. The first-order chi connectivity index (χ1) is 9.32. The molecule has 1 unspecified atom stereocenters. The van der Waals surface area contributed by atoms with Crippen LogP contribution in [0.4, 0.5) is 13.2 Å². The van der Waals surface area contributed by atoms with E-state index < -0.39 is 11.7 Å². The molecule has 20 heavy (non-hydrogen) atoms. The standard InChI is InChI=1S/C14H18F3N3/c1-4-9(2)18-8-13-19-11-7-10(14(15,16)17)5-6-12(11)20(13)3/h5-7,9,18H,4,8H2,1-3H3. The lowest BCUT2D eigenvalue weighted by Gasteiger charge is -2.10. The number of aryl methyl sites for hydroxylation is 1. The van der Waals surface area contributed by atoms with Crippen molar-refractivity contribution in [3.63, 3.8) is 0 Å². The number of nitrogens with one attached hydrogen (secondary N) is 1. The van der Waals surface area contributed by atoms with E-state index in [0.717, 1.165) is 24.4 Å². The summed E-state index contributed by atoms with van der Waals surface area (Å²) in [6.45, 7) is 4.67. The molecule has 1 atom stereocenters. The van der Waals surface area contributed by atoms with Gasteiger partial charge in [-0.2, -0.15) is 13.2 Å².